The molecule has 0 bridgehead atoms. The van der Waals surface area contributed by atoms with E-state index in [2.05, 4.69) is 20.5 Å². The van der Waals surface area contributed by atoms with Gasteiger partial charge in [0, 0.05) is 5.38 Å². The summed E-state index contributed by atoms with van der Waals surface area (Å²) < 4.78 is 5.60. The zero-order chi connectivity index (χ0) is 20.4. The Balaban J connectivity index is 1.40. The van der Waals surface area contributed by atoms with Crippen molar-refractivity contribution in [3.8, 4) is 0 Å². The van der Waals surface area contributed by atoms with E-state index in [9.17, 15) is 14.4 Å². The van der Waals surface area contributed by atoms with Crippen molar-refractivity contribution in [2.24, 2.45) is 0 Å². The van der Waals surface area contributed by atoms with Crippen LogP contribution in [0.15, 0.2) is 15.0 Å². The van der Waals surface area contributed by atoms with Crippen molar-refractivity contribution in [3.05, 3.63) is 22.0 Å². The minimum absolute atomic E-state index is 0.0275. The van der Waals surface area contributed by atoms with Gasteiger partial charge in [0.25, 0.3) is 11.1 Å². The predicted molar refractivity (Wildman–Crippen MR) is 105 cm³/mol. The molecule has 3 amide bonds. The SMILES string of the molecule is Cc1nc(Cc2nnc(SCC(=O)N3CC(=O)NC(=O)C34CCCCC4)o2)cs1. The van der Waals surface area contributed by atoms with Gasteiger partial charge >= 0.3 is 0 Å². The summed E-state index contributed by atoms with van der Waals surface area (Å²) in [6.45, 7) is 1.84. The number of aromatic nitrogens is 3. The predicted octanol–water partition coefficient (Wildman–Crippen LogP) is 1.71. The number of carbonyl (C=O) groups excluding carboxylic acids is 3. The fraction of sp³-hybridized carbons (Fsp3) is 0.556. The molecule has 2 aliphatic rings. The van der Waals surface area contributed by atoms with E-state index in [1.54, 1.807) is 11.3 Å². The number of piperazine rings is 1. The van der Waals surface area contributed by atoms with Crippen molar-refractivity contribution in [1.29, 1.82) is 0 Å². The Labute approximate surface area is 175 Å². The highest BCUT2D eigenvalue weighted by Gasteiger charge is 2.50. The van der Waals surface area contributed by atoms with E-state index >= 15 is 0 Å². The second kappa shape index (κ2) is 8.23. The molecule has 154 valence electrons. The van der Waals surface area contributed by atoms with Crippen LogP contribution in [0.3, 0.4) is 0 Å². The smallest absolute Gasteiger partial charge is 0.277 e. The number of aryl methyl sites for hydroxylation is 1. The molecule has 1 aliphatic heterocycles. The molecule has 1 spiro atoms. The Hall–Kier alpha value is -2.27. The summed E-state index contributed by atoms with van der Waals surface area (Å²) in [5, 5.41) is 13.6. The van der Waals surface area contributed by atoms with Crippen LogP contribution in [-0.2, 0) is 20.8 Å². The summed E-state index contributed by atoms with van der Waals surface area (Å²) in [5.74, 6) is -0.607. The fourth-order valence-electron chi connectivity index (χ4n) is 3.87. The van der Waals surface area contributed by atoms with Gasteiger partial charge in [-0.2, -0.15) is 0 Å². The second-order valence-corrected chi connectivity index (χ2v) is 9.22. The first-order chi connectivity index (χ1) is 14.0. The molecule has 11 heteroatoms. The minimum Gasteiger partial charge on any atom is -0.416 e. The van der Waals surface area contributed by atoms with Crippen molar-refractivity contribution in [2.75, 3.05) is 12.3 Å². The highest BCUT2D eigenvalue weighted by atomic mass is 32.2. The van der Waals surface area contributed by atoms with E-state index in [0.717, 1.165) is 41.7 Å². The summed E-state index contributed by atoms with van der Waals surface area (Å²) in [6.07, 6.45) is 4.36. The highest BCUT2D eigenvalue weighted by molar-refractivity contribution is 7.99. The minimum atomic E-state index is -0.910. The zero-order valence-corrected chi connectivity index (χ0v) is 17.6. The summed E-state index contributed by atoms with van der Waals surface area (Å²) in [6, 6.07) is 0. The molecule has 4 rings (SSSR count). The van der Waals surface area contributed by atoms with Crippen LogP contribution in [0.5, 0.6) is 0 Å². The number of nitrogens with one attached hydrogen (secondary N) is 1. The maximum absolute atomic E-state index is 12.9. The van der Waals surface area contributed by atoms with Gasteiger partial charge in [-0.25, -0.2) is 4.98 Å². The molecule has 3 heterocycles. The topological polar surface area (TPSA) is 118 Å². The molecule has 9 nitrogen and oxygen atoms in total. The Morgan fingerprint density at radius 2 is 2.10 bits per heavy atom. The normalized spacial score (nSPS) is 18.9. The highest BCUT2D eigenvalue weighted by Crippen LogP contribution is 2.36. The quantitative estimate of drug-likeness (QED) is 0.557. The summed E-state index contributed by atoms with van der Waals surface area (Å²) >= 11 is 2.67. The molecule has 0 radical (unpaired) electrons. The Morgan fingerprint density at radius 1 is 1.31 bits per heavy atom. The van der Waals surface area contributed by atoms with Gasteiger partial charge in [-0.05, 0) is 19.8 Å². The third-order valence-electron chi connectivity index (χ3n) is 5.24. The molecule has 0 atom stereocenters. The molecule has 29 heavy (non-hydrogen) atoms. The first kappa shape index (κ1) is 20.0. The number of hydrogen-bond acceptors (Lipinski definition) is 9. The third kappa shape index (κ3) is 4.20. The fourth-order valence-corrected chi connectivity index (χ4v) is 5.14. The van der Waals surface area contributed by atoms with E-state index in [0.29, 0.717) is 25.2 Å². The lowest BCUT2D eigenvalue weighted by molar-refractivity contribution is -0.158. The van der Waals surface area contributed by atoms with E-state index in [1.807, 2.05) is 12.3 Å². The maximum atomic E-state index is 12.9. The molecule has 2 fully saturated rings. The van der Waals surface area contributed by atoms with E-state index in [1.165, 1.54) is 4.90 Å². The van der Waals surface area contributed by atoms with Crippen LogP contribution in [0, 0.1) is 6.92 Å². The van der Waals surface area contributed by atoms with Crippen molar-refractivity contribution in [2.45, 2.75) is 56.2 Å². The van der Waals surface area contributed by atoms with Crippen LogP contribution in [0.4, 0.5) is 0 Å². The number of rotatable bonds is 5. The van der Waals surface area contributed by atoms with Gasteiger partial charge in [-0.3, -0.25) is 19.7 Å². The van der Waals surface area contributed by atoms with E-state index < -0.39 is 11.4 Å². The van der Waals surface area contributed by atoms with Crippen molar-refractivity contribution in [3.63, 3.8) is 0 Å². The van der Waals surface area contributed by atoms with Gasteiger partial charge in [0.1, 0.15) is 12.1 Å². The maximum Gasteiger partial charge on any atom is 0.277 e. The lowest BCUT2D eigenvalue weighted by Gasteiger charge is -2.47. The molecule has 1 aliphatic carbocycles. The third-order valence-corrected chi connectivity index (χ3v) is 6.87. The number of amides is 3. The molecule has 1 N–H and O–H groups in total. The van der Waals surface area contributed by atoms with Crippen LogP contribution < -0.4 is 5.32 Å². The van der Waals surface area contributed by atoms with Gasteiger partial charge in [-0.15, -0.1) is 21.5 Å². The largest absolute Gasteiger partial charge is 0.416 e. The number of thioether (sulfide) groups is 1. The van der Waals surface area contributed by atoms with Crippen LogP contribution in [0.2, 0.25) is 0 Å². The Kier molecular flexibility index (Phi) is 5.68. The number of nitrogens with zero attached hydrogens (tertiary/aromatic N) is 4. The molecule has 0 aromatic carbocycles. The second-order valence-electron chi connectivity index (χ2n) is 7.23. The molecule has 2 aromatic rings. The van der Waals surface area contributed by atoms with Crippen LogP contribution in [-0.4, -0.2) is 55.6 Å². The average Bonchev–Trinajstić information content (AvgIpc) is 3.32. The molecule has 1 saturated heterocycles. The standard InChI is InChI=1S/C18H21N5O4S2/c1-11-19-12(9-28-11)7-14-21-22-17(27-14)29-10-15(25)23-8-13(24)20-16(26)18(23)5-3-2-4-6-18/h9H,2-8,10H2,1H3,(H,20,24,26). The van der Waals surface area contributed by atoms with Gasteiger partial charge in [0.2, 0.25) is 17.7 Å². The Bertz CT molecular complexity index is 934. The molecule has 1 saturated carbocycles. The summed E-state index contributed by atoms with van der Waals surface area (Å²) in [5.41, 5.74) is -0.0485. The summed E-state index contributed by atoms with van der Waals surface area (Å²) in [7, 11) is 0. The van der Waals surface area contributed by atoms with E-state index in [4.69, 9.17) is 4.42 Å². The zero-order valence-electron chi connectivity index (χ0n) is 16.0. The summed E-state index contributed by atoms with van der Waals surface area (Å²) in [4.78, 5) is 43.2. The average molecular weight is 436 g/mol. The molecular formula is C18H21N5O4S2. The molecule has 0 unspecified atom stereocenters. The van der Waals surface area contributed by atoms with Gasteiger partial charge < -0.3 is 9.32 Å². The number of carbonyl (C=O) groups is 3. The first-order valence-electron chi connectivity index (χ1n) is 9.47. The number of thiazole rings is 1. The monoisotopic (exact) mass is 435 g/mol. The van der Waals surface area contributed by atoms with Crippen molar-refractivity contribution in [1.82, 2.24) is 25.4 Å². The lowest BCUT2D eigenvalue weighted by Crippen LogP contribution is -2.69. The van der Waals surface area contributed by atoms with Gasteiger partial charge in [0.15, 0.2) is 0 Å². The van der Waals surface area contributed by atoms with Crippen LogP contribution >= 0.6 is 23.1 Å². The number of imide groups is 1. The van der Waals surface area contributed by atoms with Crippen LogP contribution in [0.25, 0.3) is 0 Å². The number of hydrogen-bond donors (Lipinski definition) is 1. The van der Waals surface area contributed by atoms with Crippen LogP contribution in [0.1, 0.15) is 48.7 Å². The Morgan fingerprint density at radius 3 is 2.83 bits per heavy atom. The van der Waals surface area contributed by atoms with Gasteiger partial charge in [0.05, 0.1) is 22.9 Å². The van der Waals surface area contributed by atoms with E-state index in [-0.39, 0.29) is 29.3 Å². The van der Waals surface area contributed by atoms with Gasteiger partial charge in [-0.1, -0.05) is 31.0 Å². The molecular weight excluding hydrogens is 414 g/mol. The lowest BCUT2D eigenvalue weighted by atomic mass is 9.78. The van der Waals surface area contributed by atoms with Crippen molar-refractivity contribution < 1.29 is 18.8 Å². The van der Waals surface area contributed by atoms with Crippen molar-refractivity contribution >= 4 is 40.8 Å². The first-order valence-corrected chi connectivity index (χ1v) is 11.3. The molecule has 2 aromatic heterocycles.